The van der Waals surface area contributed by atoms with Crippen LogP contribution < -0.4 is 9.47 Å². The number of aliphatic hydroxyl groups excluding tert-OH is 1. The maximum Gasteiger partial charge on any atom is 0.229 e. The molecule has 0 amide bonds. The van der Waals surface area contributed by atoms with Crippen LogP contribution in [0, 0.1) is 12.4 Å². The van der Waals surface area contributed by atoms with Crippen molar-refractivity contribution in [2.24, 2.45) is 0 Å². The first-order chi connectivity index (χ1) is 19.5. The van der Waals surface area contributed by atoms with Gasteiger partial charge in [-0.15, -0.1) is 0 Å². The zero-order valence-corrected chi connectivity index (χ0v) is 22.1. The first-order valence-corrected chi connectivity index (χ1v) is 13.3. The van der Waals surface area contributed by atoms with Gasteiger partial charge in [0.15, 0.2) is 0 Å². The predicted octanol–water partition coefficient (Wildman–Crippen LogP) is 5.91. The van der Waals surface area contributed by atoms with E-state index >= 15 is 0 Å². The van der Waals surface area contributed by atoms with Crippen molar-refractivity contribution in [3.05, 3.63) is 101 Å². The molecule has 40 heavy (non-hydrogen) atoms. The summed E-state index contributed by atoms with van der Waals surface area (Å²) in [6, 6.07) is 18.3. The van der Waals surface area contributed by atoms with E-state index in [2.05, 4.69) is 14.7 Å². The Bertz CT molecular complexity index is 1510. The summed E-state index contributed by atoms with van der Waals surface area (Å²) < 4.78 is 25.1. The van der Waals surface area contributed by atoms with Crippen LogP contribution in [-0.4, -0.2) is 53.1 Å². The zero-order valence-electron chi connectivity index (χ0n) is 22.1. The number of hydrogen-bond acceptors (Lipinski definition) is 6. The quantitative estimate of drug-likeness (QED) is 0.239. The van der Waals surface area contributed by atoms with Crippen LogP contribution in [0.15, 0.2) is 72.9 Å². The van der Waals surface area contributed by atoms with Crippen LogP contribution in [0.2, 0.25) is 0 Å². The number of aliphatic hydroxyl groups is 1. The number of halogens is 1. The molecule has 0 aliphatic carbocycles. The molecule has 1 aromatic heterocycles. The van der Waals surface area contributed by atoms with E-state index in [1.165, 1.54) is 12.1 Å². The first-order valence-electron chi connectivity index (χ1n) is 13.3. The van der Waals surface area contributed by atoms with Gasteiger partial charge in [0.2, 0.25) is 5.69 Å². The maximum absolute atomic E-state index is 13.1. The van der Waals surface area contributed by atoms with Crippen molar-refractivity contribution in [3.63, 3.8) is 0 Å². The fraction of sp³-hybridized carbons (Fsp3) is 0.281. The third-order valence-electron chi connectivity index (χ3n) is 6.87. The molecule has 1 N–H and O–H groups in total. The highest BCUT2D eigenvalue weighted by molar-refractivity contribution is 5.91. The topological polar surface area (TPSA) is 76.2 Å². The Balaban J connectivity index is 1.24. The lowest BCUT2D eigenvalue weighted by Crippen LogP contribution is -2.33. The van der Waals surface area contributed by atoms with Crippen LogP contribution in [-0.2, 0) is 17.6 Å². The van der Waals surface area contributed by atoms with Crippen LogP contribution in [0.4, 0.5) is 10.1 Å². The molecule has 0 spiro atoms. The standard InChI is InChI=1S/C32H30FN3O4/c1-34-30-18-28-29(19-32(30)39-21-26(38)20-36-14-2-3-15-36)35-13-12-31(28)40-27-10-6-23(7-11-27)17-25(37)16-22-4-8-24(33)9-5-22/h4-13,18-19,26,38H,2-3,14-17,20-21H2/t26-/m1/s1. The molecule has 0 bridgehead atoms. The molecule has 2 heterocycles. The second-order valence-corrected chi connectivity index (χ2v) is 10.00. The number of fused-ring (bicyclic) bond motifs is 1. The second-order valence-electron chi connectivity index (χ2n) is 10.00. The van der Waals surface area contributed by atoms with E-state index in [0.717, 1.165) is 37.1 Å². The number of pyridine rings is 1. The van der Waals surface area contributed by atoms with E-state index in [0.29, 0.717) is 40.4 Å². The molecule has 5 rings (SSSR count). The molecule has 0 unspecified atom stereocenters. The minimum absolute atomic E-state index is 0.0358. The molecule has 204 valence electrons. The fourth-order valence-electron chi connectivity index (χ4n) is 4.85. The lowest BCUT2D eigenvalue weighted by atomic mass is 10.0. The number of ether oxygens (including phenoxy) is 2. The number of rotatable bonds is 11. The number of benzene rings is 3. The summed E-state index contributed by atoms with van der Waals surface area (Å²) in [4.78, 5) is 22.7. The Morgan fingerprint density at radius 3 is 2.35 bits per heavy atom. The molecule has 1 fully saturated rings. The van der Waals surface area contributed by atoms with Crippen LogP contribution in [0.5, 0.6) is 17.2 Å². The normalized spacial score (nSPS) is 14.1. The van der Waals surface area contributed by atoms with Crippen molar-refractivity contribution in [1.82, 2.24) is 9.88 Å². The highest BCUT2D eigenvalue weighted by Crippen LogP contribution is 2.37. The Hall–Kier alpha value is -4.32. The minimum atomic E-state index is -0.642. The van der Waals surface area contributed by atoms with Gasteiger partial charge in [-0.1, -0.05) is 24.3 Å². The summed E-state index contributed by atoms with van der Waals surface area (Å²) in [5.74, 6) is 1.21. The van der Waals surface area contributed by atoms with Crippen LogP contribution in [0.25, 0.3) is 15.7 Å². The number of aromatic nitrogens is 1. The largest absolute Gasteiger partial charge is 0.502 e. The highest BCUT2D eigenvalue weighted by Gasteiger charge is 2.18. The highest BCUT2D eigenvalue weighted by atomic mass is 19.1. The Morgan fingerprint density at radius 1 is 1.00 bits per heavy atom. The van der Waals surface area contributed by atoms with E-state index in [1.54, 1.807) is 48.7 Å². The smallest absolute Gasteiger partial charge is 0.229 e. The van der Waals surface area contributed by atoms with Crippen molar-refractivity contribution in [2.45, 2.75) is 31.8 Å². The van der Waals surface area contributed by atoms with E-state index in [-0.39, 0.29) is 31.0 Å². The van der Waals surface area contributed by atoms with Crippen molar-refractivity contribution in [3.8, 4) is 17.2 Å². The SMILES string of the molecule is [C-]#[N+]c1cc2c(Oc3ccc(CC(=O)Cc4ccc(F)cc4)cc3)ccnc2cc1OC[C@H](O)CN1CCCC1. The number of nitrogens with zero attached hydrogens (tertiary/aromatic N) is 3. The molecule has 8 heteroatoms. The molecular formula is C32H30FN3O4. The van der Waals surface area contributed by atoms with Crippen molar-refractivity contribution in [2.75, 3.05) is 26.2 Å². The number of ketones is 1. The molecule has 3 aromatic carbocycles. The van der Waals surface area contributed by atoms with Crippen molar-refractivity contribution < 1.29 is 23.8 Å². The third-order valence-corrected chi connectivity index (χ3v) is 6.87. The van der Waals surface area contributed by atoms with Gasteiger partial charge in [0, 0.05) is 31.0 Å². The third kappa shape index (κ3) is 7.00. The zero-order chi connectivity index (χ0) is 27.9. The number of Topliss-reactive ketones (excluding diaryl/α,β-unsaturated/α-hetero) is 1. The summed E-state index contributed by atoms with van der Waals surface area (Å²) in [6.07, 6.45) is 3.80. The lowest BCUT2D eigenvalue weighted by molar-refractivity contribution is -0.117. The summed E-state index contributed by atoms with van der Waals surface area (Å²) in [5.41, 5.74) is 2.55. The van der Waals surface area contributed by atoms with Gasteiger partial charge in [0.05, 0.1) is 12.1 Å². The number of carbonyl (C=O) groups is 1. The Kier molecular flexibility index (Phi) is 8.65. The van der Waals surface area contributed by atoms with Crippen LogP contribution in [0.3, 0.4) is 0 Å². The monoisotopic (exact) mass is 539 g/mol. The molecule has 1 aliphatic rings. The van der Waals surface area contributed by atoms with E-state index in [4.69, 9.17) is 16.0 Å². The summed E-state index contributed by atoms with van der Waals surface area (Å²) in [6.45, 7) is 10.3. The number of β-amino-alcohol motifs (C(OH)–C–C–N with tert-alkyl or cyclic N) is 1. The average molecular weight is 540 g/mol. The maximum atomic E-state index is 13.1. The summed E-state index contributed by atoms with van der Waals surface area (Å²) in [7, 11) is 0. The van der Waals surface area contributed by atoms with Crippen molar-refractivity contribution >= 4 is 22.4 Å². The van der Waals surface area contributed by atoms with Gasteiger partial charge >= 0.3 is 0 Å². The van der Waals surface area contributed by atoms with Gasteiger partial charge in [-0.25, -0.2) is 9.24 Å². The van der Waals surface area contributed by atoms with Gasteiger partial charge in [0.1, 0.15) is 41.6 Å². The molecule has 0 saturated carbocycles. The van der Waals surface area contributed by atoms with Crippen molar-refractivity contribution in [1.29, 1.82) is 0 Å². The van der Waals surface area contributed by atoms with E-state index < -0.39 is 6.10 Å². The molecule has 0 radical (unpaired) electrons. The Labute approximate surface area is 232 Å². The number of carbonyl (C=O) groups excluding carboxylic acids is 1. The molecule has 4 aromatic rings. The second kappa shape index (κ2) is 12.7. The molecule has 1 aliphatic heterocycles. The average Bonchev–Trinajstić information content (AvgIpc) is 3.47. The van der Waals surface area contributed by atoms with Gasteiger partial charge < -0.3 is 19.5 Å². The lowest BCUT2D eigenvalue weighted by Gasteiger charge is -2.20. The van der Waals surface area contributed by atoms with Crippen LogP contribution in [0.1, 0.15) is 24.0 Å². The summed E-state index contributed by atoms with van der Waals surface area (Å²) in [5, 5.41) is 11.1. The van der Waals surface area contributed by atoms with Crippen LogP contribution >= 0.6 is 0 Å². The predicted molar refractivity (Wildman–Crippen MR) is 151 cm³/mol. The molecule has 7 nitrogen and oxygen atoms in total. The molecular weight excluding hydrogens is 509 g/mol. The van der Waals surface area contributed by atoms with Gasteiger partial charge in [-0.2, -0.15) is 0 Å². The van der Waals surface area contributed by atoms with Gasteiger partial charge in [-0.3, -0.25) is 9.78 Å². The minimum Gasteiger partial charge on any atom is -0.502 e. The molecule has 1 saturated heterocycles. The number of likely N-dealkylation sites (tertiary alicyclic amines) is 1. The Morgan fingerprint density at radius 2 is 1.68 bits per heavy atom. The fourth-order valence-corrected chi connectivity index (χ4v) is 4.85. The van der Waals surface area contributed by atoms with E-state index in [1.807, 2.05) is 12.1 Å². The molecule has 1 atom stereocenters. The van der Waals surface area contributed by atoms with E-state index in [9.17, 15) is 14.3 Å². The summed E-state index contributed by atoms with van der Waals surface area (Å²) >= 11 is 0. The van der Waals surface area contributed by atoms with Gasteiger partial charge in [0.25, 0.3) is 0 Å². The number of hydrogen-bond donors (Lipinski definition) is 1. The first kappa shape index (κ1) is 27.3. The van der Waals surface area contributed by atoms with Gasteiger partial charge in [-0.05, 0) is 79.5 Å².